The highest BCUT2D eigenvalue weighted by atomic mass is 127. The number of nitrogens with one attached hydrogen (secondary N) is 2. The van der Waals surface area contributed by atoms with Gasteiger partial charge < -0.3 is 20.3 Å². The number of hydrogen-bond acceptors (Lipinski definition) is 5. The average molecular weight is 554 g/mol. The molecule has 0 aliphatic carbocycles. The normalized spacial score (nSPS) is 21.6. The average Bonchev–Trinajstić information content (AvgIpc) is 3.16. The Morgan fingerprint density at radius 2 is 2.21 bits per heavy atom. The predicted molar refractivity (Wildman–Crippen MR) is 135 cm³/mol. The lowest BCUT2D eigenvalue weighted by atomic mass is 9.99. The molecule has 0 bridgehead atoms. The van der Waals surface area contributed by atoms with Gasteiger partial charge in [0.1, 0.15) is 5.82 Å². The summed E-state index contributed by atoms with van der Waals surface area (Å²) in [6, 6.07) is 4.10. The third-order valence-electron chi connectivity index (χ3n) is 5.29. The van der Waals surface area contributed by atoms with Gasteiger partial charge >= 0.3 is 0 Å². The number of pyridine rings is 1. The molecular weight excluding hydrogens is 521 g/mol. The van der Waals surface area contributed by atoms with E-state index in [4.69, 9.17) is 21.3 Å². The maximum absolute atomic E-state index is 6.32. The van der Waals surface area contributed by atoms with Crippen LogP contribution in [0.1, 0.15) is 33.1 Å². The first kappa shape index (κ1) is 24.8. The summed E-state index contributed by atoms with van der Waals surface area (Å²) in [5.74, 6) is 2.89. The van der Waals surface area contributed by atoms with Crippen LogP contribution in [-0.2, 0) is 4.74 Å². The fourth-order valence-electron chi connectivity index (χ4n) is 3.81. The van der Waals surface area contributed by atoms with Crippen LogP contribution in [0, 0.1) is 0 Å². The summed E-state index contributed by atoms with van der Waals surface area (Å²) in [7, 11) is 0. The molecule has 0 spiro atoms. The lowest BCUT2D eigenvalue weighted by molar-refractivity contribution is 0.0793. The molecule has 1 unspecified atom stereocenters. The Morgan fingerprint density at radius 1 is 1.41 bits per heavy atom. The quantitative estimate of drug-likeness (QED) is 0.304. The van der Waals surface area contributed by atoms with Gasteiger partial charge in [-0.1, -0.05) is 18.5 Å². The van der Waals surface area contributed by atoms with Gasteiger partial charge in [0.25, 0.3) is 0 Å². The zero-order valence-corrected chi connectivity index (χ0v) is 21.2. The molecule has 2 N–H and O–H groups in total. The van der Waals surface area contributed by atoms with Crippen LogP contribution in [0.15, 0.2) is 23.3 Å². The van der Waals surface area contributed by atoms with Gasteiger partial charge in [0.05, 0.1) is 11.6 Å². The number of rotatable bonds is 7. The fraction of sp³-hybridized carbons (Fsp3) is 0.700. The molecule has 1 aromatic rings. The summed E-state index contributed by atoms with van der Waals surface area (Å²) in [6.45, 7) is 9.52. The van der Waals surface area contributed by atoms with Crippen molar-refractivity contribution < 1.29 is 4.74 Å². The number of aliphatic imine (C=N–C) groups is 1. The van der Waals surface area contributed by atoms with E-state index < -0.39 is 0 Å². The minimum Gasteiger partial charge on any atom is -0.381 e. The first-order valence-corrected chi connectivity index (χ1v) is 11.6. The Bertz CT molecular complexity index is 654. The molecule has 2 aliphatic heterocycles. The van der Waals surface area contributed by atoms with Gasteiger partial charge in [0.2, 0.25) is 0 Å². The van der Waals surface area contributed by atoms with E-state index in [9.17, 15) is 0 Å². The molecule has 2 saturated heterocycles. The zero-order chi connectivity index (χ0) is 19.8. The van der Waals surface area contributed by atoms with Gasteiger partial charge in [-0.15, -0.1) is 24.0 Å². The van der Waals surface area contributed by atoms with Crippen molar-refractivity contribution in [3.63, 3.8) is 0 Å². The van der Waals surface area contributed by atoms with Crippen LogP contribution >= 0.6 is 47.3 Å². The second-order valence-corrected chi connectivity index (χ2v) is 9.45. The van der Waals surface area contributed by atoms with E-state index in [1.807, 2.05) is 23.9 Å². The standard InChI is InChI=1S/C20H32ClN5OS.HI/c1-3-22-19(24-15-20(28-4-2)8-12-27-13-9-20)25-16-7-11-26(14-16)18-17(21)6-5-10-23-18;/h5-6,10,16H,3-4,7-9,11-15H2,1-2H3,(H2,22,24,25);1H. The van der Waals surface area contributed by atoms with Crippen LogP contribution in [0.5, 0.6) is 0 Å². The van der Waals surface area contributed by atoms with Crippen molar-refractivity contribution >= 4 is 59.1 Å². The van der Waals surface area contributed by atoms with Gasteiger partial charge in [0.15, 0.2) is 5.96 Å². The van der Waals surface area contributed by atoms with Gasteiger partial charge in [0, 0.05) is 49.8 Å². The molecule has 0 aromatic carbocycles. The number of hydrogen-bond donors (Lipinski definition) is 2. The van der Waals surface area contributed by atoms with Crippen molar-refractivity contribution in [2.24, 2.45) is 4.99 Å². The van der Waals surface area contributed by atoms with E-state index in [2.05, 4.69) is 34.4 Å². The Hall–Kier alpha value is -0.450. The van der Waals surface area contributed by atoms with Crippen LogP contribution in [-0.4, -0.2) is 66.9 Å². The lowest BCUT2D eigenvalue weighted by Crippen LogP contribution is -2.46. The molecule has 29 heavy (non-hydrogen) atoms. The van der Waals surface area contributed by atoms with E-state index in [1.54, 1.807) is 6.20 Å². The molecule has 1 aromatic heterocycles. The maximum Gasteiger partial charge on any atom is 0.191 e. The van der Waals surface area contributed by atoms with E-state index in [0.29, 0.717) is 11.1 Å². The third kappa shape index (κ3) is 7.04. The molecule has 0 amide bonds. The van der Waals surface area contributed by atoms with Crippen molar-refractivity contribution in [1.82, 2.24) is 15.6 Å². The molecule has 164 valence electrons. The molecule has 0 saturated carbocycles. The van der Waals surface area contributed by atoms with Crippen molar-refractivity contribution in [3.8, 4) is 0 Å². The van der Waals surface area contributed by atoms with Crippen molar-refractivity contribution in [3.05, 3.63) is 23.4 Å². The number of nitrogens with zero attached hydrogens (tertiary/aromatic N) is 3. The van der Waals surface area contributed by atoms with E-state index in [1.165, 1.54) is 0 Å². The smallest absolute Gasteiger partial charge is 0.191 e. The summed E-state index contributed by atoms with van der Waals surface area (Å²) in [5, 5.41) is 7.74. The van der Waals surface area contributed by atoms with Crippen LogP contribution in [0.4, 0.5) is 5.82 Å². The first-order valence-electron chi connectivity index (χ1n) is 10.3. The SMILES string of the molecule is CCNC(=NCC1(SCC)CCOCC1)NC1CCN(c2ncccc2Cl)C1.I. The summed E-state index contributed by atoms with van der Waals surface area (Å²) >= 11 is 8.34. The largest absolute Gasteiger partial charge is 0.381 e. The second kappa shape index (κ2) is 12.4. The third-order valence-corrected chi connectivity index (χ3v) is 7.03. The highest BCUT2D eigenvalue weighted by molar-refractivity contribution is 14.0. The summed E-state index contributed by atoms with van der Waals surface area (Å²) in [6.07, 6.45) is 4.99. The molecule has 6 nitrogen and oxygen atoms in total. The molecule has 1 atom stereocenters. The van der Waals surface area contributed by atoms with Crippen molar-refractivity contribution in [2.45, 2.75) is 43.9 Å². The monoisotopic (exact) mass is 553 g/mol. The fourth-order valence-corrected chi connectivity index (χ4v) is 5.28. The maximum atomic E-state index is 6.32. The second-order valence-electron chi connectivity index (χ2n) is 7.31. The van der Waals surface area contributed by atoms with E-state index in [0.717, 1.165) is 76.2 Å². The van der Waals surface area contributed by atoms with Crippen LogP contribution in [0.2, 0.25) is 5.02 Å². The van der Waals surface area contributed by atoms with Gasteiger partial charge in [-0.25, -0.2) is 4.98 Å². The Kier molecular flexibility index (Phi) is 10.6. The topological polar surface area (TPSA) is 61.8 Å². The number of anilines is 1. The van der Waals surface area contributed by atoms with Crippen molar-refractivity contribution in [1.29, 1.82) is 0 Å². The van der Waals surface area contributed by atoms with Gasteiger partial charge in [-0.05, 0) is 44.1 Å². The molecule has 3 heterocycles. The minimum absolute atomic E-state index is 0. The Balaban J connectivity index is 0.00000300. The molecule has 2 fully saturated rings. The highest BCUT2D eigenvalue weighted by Crippen LogP contribution is 2.35. The predicted octanol–water partition coefficient (Wildman–Crippen LogP) is 3.79. The minimum atomic E-state index is 0. The van der Waals surface area contributed by atoms with Crippen LogP contribution < -0.4 is 15.5 Å². The molecule has 2 aliphatic rings. The number of thioether (sulfide) groups is 1. The number of ether oxygens (including phenoxy) is 1. The van der Waals surface area contributed by atoms with Crippen LogP contribution in [0.25, 0.3) is 0 Å². The van der Waals surface area contributed by atoms with Crippen LogP contribution in [0.3, 0.4) is 0 Å². The lowest BCUT2D eigenvalue weighted by Gasteiger charge is -2.35. The number of guanidine groups is 1. The van der Waals surface area contributed by atoms with E-state index in [-0.39, 0.29) is 28.7 Å². The molecule has 0 radical (unpaired) electrons. The molecule has 3 rings (SSSR count). The summed E-state index contributed by atoms with van der Waals surface area (Å²) in [5.41, 5.74) is 0. The number of aromatic nitrogens is 1. The van der Waals surface area contributed by atoms with Gasteiger partial charge in [-0.2, -0.15) is 11.8 Å². The summed E-state index contributed by atoms with van der Waals surface area (Å²) in [4.78, 5) is 11.7. The molecular formula is C20H33ClIN5OS. The highest BCUT2D eigenvalue weighted by Gasteiger charge is 2.33. The Morgan fingerprint density at radius 3 is 2.90 bits per heavy atom. The molecule has 9 heteroatoms. The zero-order valence-electron chi connectivity index (χ0n) is 17.3. The number of halogens is 2. The first-order chi connectivity index (χ1) is 13.7. The van der Waals surface area contributed by atoms with Gasteiger partial charge in [-0.3, -0.25) is 4.99 Å². The van der Waals surface area contributed by atoms with Crippen molar-refractivity contribution in [2.75, 3.05) is 50.0 Å². The Labute approximate surface area is 201 Å². The summed E-state index contributed by atoms with van der Waals surface area (Å²) < 4.78 is 5.79. The van der Waals surface area contributed by atoms with E-state index >= 15 is 0 Å².